The Morgan fingerprint density at radius 1 is 1.56 bits per heavy atom. The van der Waals surface area contributed by atoms with Gasteiger partial charge < -0.3 is 0 Å². The summed E-state index contributed by atoms with van der Waals surface area (Å²) in [7, 11) is 0. The average molecular weight is 219 g/mol. The Morgan fingerprint density at radius 2 is 2.31 bits per heavy atom. The molecule has 0 aromatic rings. The van der Waals surface area contributed by atoms with Crippen molar-refractivity contribution in [3.63, 3.8) is 0 Å². The first-order valence-electron chi connectivity index (χ1n) is 5.93. The highest BCUT2D eigenvalue weighted by atomic mass is 16.1. The molecule has 1 heterocycles. The fraction of sp³-hybridized carbons (Fsp3) is 0.833. The highest BCUT2D eigenvalue weighted by molar-refractivity contribution is 5.47. The number of carbonyl (C=O) groups is 1. The van der Waals surface area contributed by atoms with Crippen LogP contribution in [0.2, 0.25) is 0 Å². The Labute approximate surface area is 95.6 Å². The van der Waals surface area contributed by atoms with Gasteiger partial charge in [0.15, 0.2) is 0 Å². The molecule has 0 spiro atoms. The Kier molecular flexibility index (Phi) is 1.64. The van der Waals surface area contributed by atoms with E-state index in [4.69, 9.17) is 0 Å². The molecule has 4 heteroatoms. The van der Waals surface area contributed by atoms with E-state index < -0.39 is 5.54 Å². The van der Waals surface area contributed by atoms with Crippen molar-refractivity contribution in [3.8, 4) is 6.07 Å². The van der Waals surface area contributed by atoms with Crippen LogP contribution in [-0.2, 0) is 4.79 Å². The minimum atomic E-state index is -0.467. The third kappa shape index (κ3) is 0.708. The largest absolute Gasteiger partial charge is 0.290 e. The summed E-state index contributed by atoms with van der Waals surface area (Å²) in [6.45, 7) is 5.34. The lowest BCUT2D eigenvalue weighted by Crippen LogP contribution is -2.57. The highest BCUT2D eigenvalue weighted by Gasteiger charge is 2.78. The smallest absolute Gasteiger partial charge is 0.221 e. The van der Waals surface area contributed by atoms with Crippen LogP contribution in [0.1, 0.15) is 33.1 Å². The molecular formula is C12H17N3O. The van der Waals surface area contributed by atoms with Gasteiger partial charge in [-0.3, -0.25) is 10.2 Å². The Bertz CT molecular complexity index is 404. The first-order valence-corrected chi connectivity index (χ1v) is 5.93. The van der Waals surface area contributed by atoms with Crippen LogP contribution in [0.5, 0.6) is 0 Å². The molecule has 1 aliphatic heterocycles. The molecular weight excluding hydrogens is 202 g/mol. The van der Waals surface area contributed by atoms with Gasteiger partial charge in [0.1, 0.15) is 5.54 Å². The minimum absolute atomic E-state index is 0.0371. The molecule has 0 radical (unpaired) electrons. The standard InChI is InChI=1S/C12H17N3O/c1-10-7-15(14-8-16)12(6-13)5-9(10)3-4-11(10,12)2/h8-9H,3-5,7H2,1-2H3,(H,14,16)/t9-,10-,11-,12+/m0/s1. The van der Waals surface area contributed by atoms with Crippen LogP contribution in [0, 0.1) is 28.1 Å². The second-order valence-corrected chi connectivity index (χ2v) is 5.99. The topological polar surface area (TPSA) is 56.1 Å². The maximum Gasteiger partial charge on any atom is 0.221 e. The van der Waals surface area contributed by atoms with Gasteiger partial charge in [0.25, 0.3) is 0 Å². The predicted octanol–water partition coefficient (Wildman–Crippen LogP) is 1.05. The first kappa shape index (κ1) is 10.1. The second kappa shape index (κ2) is 2.60. The number of hydrogen-bond acceptors (Lipinski definition) is 3. The molecule has 3 aliphatic rings. The predicted molar refractivity (Wildman–Crippen MR) is 57.8 cm³/mol. The van der Waals surface area contributed by atoms with Crippen molar-refractivity contribution in [2.45, 2.75) is 38.6 Å². The average Bonchev–Trinajstić information content (AvgIpc) is 2.69. The van der Waals surface area contributed by atoms with Crippen LogP contribution in [0.4, 0.5) is 0 Å². The lowest BCUT2D eigenvalue weighted by atomic mass is 9.66. The van der Waals surface area contributed by atoms with Gasteiger partial charge in [0.05, 0.1) is 6.07 Å². The number of hydrazine groups is 1. The molecule has 1 amide bonds. The van der Waals surface area contributed by atoms with E-state index >= 15 is 0 Å². The van der Waals surface area contributed by atoms with Gasteiger partial charge in [0.2, 0.25) is 6.41 Å². The number of carbonyl (C=O) groups excluding carboxylic acids is 1. The van der Waals surface area contributed by atoms with Crippen molar-refractivity contribution in [1.82, 2.24) is 10.4 Å². The van der Waals surface area contributed by atoms with Gasteiger partial charge in [0, 0.05) is 12.0 Å². The lowest BCUT2D eigenvalue weighted by Gasteiger charge is -2.42. The molecule has 1 saturated heterocycles. The number of nitrogens with one attached hydrogen (secondary N) is 1. The number of hydrogen-bond donors (Lipinski definition) is 1. The molecule has 1 N–H and O–H groups in total. The molecule has 16 heavy (non-hydrogen) atoms. The van der Waals surface area contributed by atoms with E-state index in [1.54, 1.807) is 0 Å². The van der Waals surface area contributed by atoms with Crippen LogP contribution >= 0.6 is 0 Å². The van der Waals surface area contributed by atoms with Gasteiger partial charge in [-0.25, -0.2) is 5.01 Å². The van der Waals surface area contributed by atoms with E-state index in [2.05, 4.69) is 25.3 Å². The van der Waals surface area contributed by atoms with Crippen LogP contribution in [0.25, 0.3) is 0 Å². The van der Waals surface area contributed by atoms with E-state index in [-0.39, 0.29) is 10.8 Å². The van der Waals surface area contributed by atoms with E-state index in [1.807, 2.05) is 5.01 Å². The van der Waals surface area contributed by atoms with Gasteiger partial charge in [-0.05, 0) is 30.6 Å². The summed E-state index contributed by atoms with van der Waals surface area (Å²) in [6.07, 6.45) is 3.96. The van der Waals surface area contributed by atoms with Crippen LogP contribution < -0.4 is 5.43 Å². The van der Waals surface area contributed by atoms with Crippen molar-refractivity contribution in [1.29, 1.82) is 5.26 Å². The molecule has 0 aromatic carbocycles. The molecule has 4 bridgehead atoms. The second-order valence-electron chi connectivity index (χ2n) is 5.99. The summed E-state index contributed by atoms with van der Waals surface area (Å²) in [5.74, 6) is 0.654. The van der Waals surface area contributed by atoms with Crippen molar-refractivity contribution >= 4 is 6.41 Å². The van der Waals surface area contributed by atoms with Crippen molar-refractivity contribution in [3.05, 3.63) is 0 Å². The van der Waals surface area contributed by atoms with Crippen LogP contribution in [0.15, 0.2) is 0 Å². The summed E-state index contributed by atoms with van der Waals surface area (Å²) in [5.41, 5.74) is 2.50. The third-order valence-electron chi connectivity index (χ3n) is 5.95. The van der Waals surface area contributed by atoms with Gasteiger partial charge in [-0.2, -0.15) is 5.26 Å². The normalized spacial score (nSPS) is 53.9. The number of piperidine rings is 1. The van der Waals surface area contributed by atoms with Gasteiger partial charge >= 0.3 is 0 Å². The number of nitriles is 1. The Balaban J connectivity index is 2.12. The summed E-state index contributed by atoms with van der Waals surface area (Å²) < 4.78 is 0. The minimum Gasteiger partial charge on any atom is -0.290 e. The molecule has 3 rings (SSSR count). The zero-order chi connectivity index (χ0) is 11.6. The maximum absolute atomic E-state index is 10.6. The maximum atomic E-state index is 10.6. The van der Waals surface area contributed by atoms with E-state index in [9.17, 15) is 10.1 Å². The number of rotatable bonds is 2. The number of amides is 1. The third-order valence-corrected chi connectivity index (χ3v) is 5.95. The number of nitrogens with zero attached hydrogens (tertiary/aromatic N) is 2. The summed E-state index contributed by atoms with van der Waals surface area (Å²) >= 11 is 0. The van der Waals surface area contributed by atoms with Crippen LogP contribution in [0.3, 0.4) is 0 Å². The van der Waals surface area contributed by atoms with Gasteiger partial charge in [-0.1, -0.05) is 13.8 Å². The summed E-state index contributed by atoms with van der Waals surface area (Å²) in [5, 5.41) is 11.5. The molecule has 4 atom stereocenters. The lowest BCUT2D eigenvalue weighted by molar-refractivity contribution is -0.116. The van der Waals surface area contributed by atoms with Crippen molar-refractivity contribution in [2.75, 3.05) is 6.54 Å². The highest BCUT2D eigenvalue weighted by Crippen LogP contribution is 2.75. The molecule has 2 saturated carbocycles. The summed E-state index contributed by atoms with van der Waals surface area (Å²) in [4.78, 5) is 10.6. The van der Waals surface area contributed by atoms with Crippen molar-refractivity contribution in [2.24, 2.45) is 16.7 Å². The molecule has 2 aliphatic carbocycles. The Morgan fingerprint density at radius 3 is 2.88 bits per heavy atom. The molecule has 0 aromatic heterocycles. The van der Waals surface area contributed by atoms with E-state index in [0.717, 1.165) is 19.4 Å². The Hall–Kier alpha value is -1.08. The zero-order valence-corrected chi connectivity index (χ0v) is 9.79. The monoisotopic (exact) mass is 219 g/mol. The molecule has 0 unspecified atom stereocenters. The first-order chi connectivity index (χ1) is 7.54. The van der Waals surface area contributed by atoms with E-state index in [1.165, 1.54) is 6.42 Å². The molecule has 4 nitrogen and oxygen atoms in total. The van der Waals surface area contributed by atoms with E-state index in [0.29, 0.717) is 12.3 Å². The fourth-order valence-electron chi connectivity index (χ4n) is 4.73. The zero-order valence-electron chi connectivity index (χ0n) is 9.79. The molecule has 3 fully saturated rings. The summed E-state index contributed by atoms with van der Waals surface area (Å²) in [6, 6.07) is 2.51. The van der Waals surface area contributed by atoms with Crippen LogP contribution in [-0.4, -0.2) is 23.5 Å². The fourth-order valence-corrected chi connectivity index (χ4v) is 4.73. The molecule has 86 valence electrons. The SMILES string of the molecule is C[C@@]12CC[C@H]3C[C@]1(C#N)N(NC=O)C[C@@]32C. The van der Waals surface area contributed by atoms with Crippen molar-refractivity contribution < 1.29 is 4.79 Å². The van der Waals surface area contributed by atoms with Gasteiger partial charge in [-0.15, -0.1) is 0 Å². The quantitative estimate of drug-likeness (QED) is 0.706.